The number of nitrogens with zero attached hydrogens (tertiary/aromatic N) is 3. The van der Waals surface area contributed by atoms with E-state index in [1.165, 1.54) is 27.6 Å². The number of aromatic nitrogens is 2. The molecule has 2 aromatic carbocycles. The number of carbonyl (C=O) groups is 1. The van der Waals surface area contributed by atoms with Crippen LogP contribution in [0.25, 0.3) is 20.4 Å². The van der Waals surface area contributed by atoms with Crippen molar-refractivity contribution in [3.05, 3.63) is 47.5 Å². The van der Waals surface area contributed by atoms with E-state index in [2.05, 4.69) is 19.1 Å². The van der Waals surface area contributed by atoms with Gasteiger partial charge in [-0.15, -0.1) is 11.3 Å². The Kier molecular flexibility index (Phi) is 5.25. The third-order valence-corrected chi connectivity index (χ3v) is 6.32. The lowest BCUT2D eigenvalue weighted by Crippen LogP contribution is -3.06. The molecule has 0 bridgehead atoms. The second-order valence-electron chi connectivity index (χ2n) is 6.75. The molecule has 0 saturated heterocycles. The van der Waals surface area contributed by atoms with E-state index in [1.54, 1.807) is 17.5 Å². The van der Waals surface area contributed by atoms with Crippen LogP contribution in [0.15, 0.2) is 41.9 Å². The molecule has 6 nitrogen and oxygen atoms in total. The first-order valence-corrected chi connectivity index (χ1v) is 10.6. The Bertz CT molecular complexity index is 1140. The number of methoxy groups -OCH3 is 1. The van der Waals surface area contributed by atoms with Crippen molar-refractivity contribution in [3.63, 3.8) is 0 Å². The van der Waals surface area contributed by atoms with Crippen LogP contribution < -0.4 is 14.5 Å². The highest BCUT2D eigenvalue weighted by Gasteiger charge is 2.23. The first kappa shape index (κ1) is 18.8. The molecule has 0 radical (unpaired) electrons. The zero-order valence-electron chi connectivity index (χ0n) is 15.9. The number of quaternary nitrogens is 1. The third kappa shape index (κ3) is 3.58. The summed E-state index contributed by atoms with van der Waals surface area (Å²) in [4.78, 5) is 25.5. The van der Waals surface area contributed by atoms with Gasteiger partial charge in [-0.2, -0.15) is 0 Å². The lowest BCUT2D eigenvalue weighted by Gasteiger charge is -2.20. The molecule has 4 rings (SSSR count). The number of para-hydroxylation sites is 1. The number of ether oxygens (including phenoxy) is 1. The predicted molar refractivity (Wildman–Crippen MR) is 115 cm³/mol. The summed E-state index contributed by atoms with van der Waals surface area (Å²) in [7, 11) is 5.79. The Labute approximate surface area is 171 Å². The molecule has 0 fully saturated rings. The zero-order valence-corrected chi connectivity index (χ0v) is 17.6. The fourth-order valence-corrected chi connectivity index (χ4v) is 4.68. The molecule has 0 aliphatic rings. The maximum absolute atomic E-state index is 13.4. The van der Waals surface area contributed by atoms with Gasteiger partial charge in [0.15, 0.2) is 5.13 Å². The molecular formula is C20H21N4O2S2+. The molecule has 144 valence electrons. The molecule has 0 aliphatic heterocycles. The molecule has 0 aliphatic carbocycles. The summed E-state index contributed by atoms with van der Waals surface area (Å²) in [5, 5.41) is 0.690. The first-order valence-electron chi connectivity index (χ1n) is 8.94. The van der Waals surface area contributed by atoms with Crippen LogP contribution in [0.5, 0.6) is 5.75 Å². The minimum atomic E-state index is -0.0467. The number of rotatable bonds is 6. The highest BCUT2D eigenvalue weighted by atomic mass is 32.1. The summed E-state index contributed by atoms with van der Waals surface area (Å²) in [5.41, 5.74) is 4.15. The number of amides is 1. The molecule has 0 saturated carbocycles. The normalized spacial score (nSPS) is 11.4. The monoisotopic (exact) mass is 413 g/mol. The van der Waals surface area contributed by atoms with Gasteiger partial charge in [-0.3, -0.25) is 9.69 Å². The Balaban J connectivity index is 1.75. The second kappa shape index (κ2) is 7.83. The summed E-state index contributed by atoms with van der Waals surface area (Å²) in [5.74, 6) is 0.672. The largest absolute Gasteiger partial charge is 0.494 e. The highest BCUT2D eigenvalue weighted by molar-refractivity contribution is 7.22. The molecule has 4 aromatic rings. The van der Waals surface area contributed by atoms with E-state index in [4.69, 9.17) is 9.72 Å². The standard InChI is InChI=1S/C20H20N4O2S2/c1-23(2)9-10-24(19(25)13-7-8-14-17(11-13)27-12-21-14)20-22-18-15(26-3)5-4-6-16(18)28-20/h4-8,11-12H,9-10H2,1-3H3/p+1. The Morgan fingerprint density at radius 2 is 2.07 bits per heavy atom. The van der Waals surface area contributed by atoms with Gasteiger partial charge in [-0.05, 0) is 30.3 Å². The van der Waals surface area contributed by atoms with Crippen LogP contribution >= 0.6 is 22.7 Å². The third-order valence-electron chi connectivity index (χ3n) is 4.48. The number of likely N-dealkylation sites (N-methyl/N-ethyl adjacent to an activating group) is 1. The van der Waals surface area contributed by atoms with Crippen molar-refractivity contribution in [1.82, 2.24) is 9.97 Å². The molecule has 1 N–H and O–H groups in total. The lowest BCUT2D eigenvalue weighted by molar-refractivity contribution is -0.856. The Morgan fingerprint density at radius 1 is 1.21 bits per heavy atom. The summed E-state index contributed by atoms with van der Waals surface area (Å²) < 4.78 is 7.45. The number of carbonyl (C=O) groups excluding carboxylic acids is 1. The lowest BCUT2D eigenvalue weighted by atomic mass is 10.2. The molecule has 1 amide bonds. The first-order chi connectivity index (χ1) is 13.6. The summed E-state index contributed by atoms with van der Waals surface area (Å²) >= 11 is 3.05. The number of thiazole rings is 2. The van der Waals surface area contributed by atoms with Gasteiger partial charge in [0, 0.05) is 5.56 Å². The van der Waals surface area contributed by atoms with Gasteiger partial charge < -0.3 is 9.64 Å². The fraction of sp³-hybridized carbons (Fsp3) is 0.250. The van der Waals surface area contributed by atoms with Gasteiger partial charge in [0.25, 0.3) is 5.91 Å². The van der Waals surface area contributed by atoms with Crippen molar-refractivity contribution in [3.8, 4) is 5.75 Å². The van der Waals surface area contributed by atoms with Crippen molar-refractivity contribution in [2.24, 2.45) is 0 Å². The van der Waals surface area contributed by atoms with E-state index in [-0.39, 0.29) is 5.91 Å². The number of hydrogen-bond acceptors (Lipinski definition) is 6. The van der Waals surface area contributed by atoms with Crippen molar-refractivity contribution in [2.75, 3.05) is 39.2 Å². The predicted octanol–water partition coefficient (Wildman–Crippen LogP) is 2.71. The molecule has 2 heterocycles. The number of hydrogen-bond donors (Lipinski definition) is 1. The molecule has 28 heavy (non-hydrogen) atoms. The maximum Gasteiger partial charge on any atom is 0.260 e. The minimum Gasteiger partial charge on any atom is -0.494 e. The van der Waals surface area contributed by atoms with Crippen molar-refractivity contribution in [2.45, 2.75) is 0 Å². The van der Waals surface area contributed by atoms with E-state index in [0.717, 1.165) is 32.7 Å². The van der Waals surface area contributed by atoms with Crippen LogP contribution in [-0.4, -0.2) is 50.2 Å². The number of anilines is 1. The maximum atomic E-state index is 13.4. The van der Waals surface area contributed by atoms with E-state index >= 15 is 0 Å². The van der Waals surface area contributed by atoms with Gasteiger partial charge in [-0.25, -0.2) is 9.97 Å². The fourth-order valence-electron chi connectivity index (χ4n) is 2.96. The van der Waals surface area contributed by atoms with Crippen LogP contribution in [0.4, 0.5) is 5.13 Å². The number of nitrogens with one attached hydrogen (secondary N) is 1. The quantitative estimate of drug-likeness (QED) is 0.528. The summed E-state index contributed by atoms with van der Waals surface area (Å²) in [6.07, 6.45) is 0. The number of benzene rings is 2. The second-order valence-corrected chi connectivity index (χ2v) is 8.65. The SMILES string of the molecule is COc1cccc2sc(N(CC[NH+](C)C)C(=O)c3ccc4ncsc4c3)nc12. The van der Waals surface area contributed by atoms with Gasteiger partial charge in [0.05, 0.1) is 54.7 Å². The van der Waals surface area contributed by atoms with Crippen LogP contribution in [0.3, 0.4) is 0 Å². The van der Waals surface area contributed by atoms with Gasteiger partial charge in [0.1, 0.15) is 11.3 Å². The van der Waals surface area contributed by atoms with Crippen molar-refractivity contribution >= 4 is 54.1 Å². The highest BCUT2D eigenvalue weighted by Crippen LogP contribution is 2.34. The minimum absolute atomic E-state index is 0.0467. The van der Waals surface area contributed by atoms with Crippen LogP contribution in [0, 0.1) is 0 Å². The van der Waals surface area contributed by atoms with E-state index in [1.807, 2.05) is 36.4 Å². The molecule has 0 atom stereocenters. The smallest absolute Gasteiger partial charge is 0.260 e. The Hall–Kier alpha value is -2.55. The van der Waals surface area contributed by atoms with Crippen LogP contribution in [0.2, 0.25) is 0 Å². The van der Waals surface area contributed by atoms with Crippen molar-refractivity contribution < 1.29 is 14.4 Å². The average molecular weight is 414 g/mol. The Morgan fingerprint density at radius 3 is 2.86 bits per heavy atom. The summed E-state index contributed by atoms with van der Waals surface area (Å²) in [6, 6.07) is 11.5. The van der Waals surface area contributed by atoms with Gasteiger partial charge >= 0.3 is 0 Å². The van der Waals surface area contributed by atoms with Crippen LogP contribution in [0.1, 0.15) is 10.4 Å². The molecule has 8 heteroatoms. The van der Waals surface area contributed by atoms with E-state index in [0.29, 0.717) is 17.2 Å². The van der Waals surface area contributed by atoms with Gasteiger partial charge in [-0.1, -0.05) is 17.4 Å². The zero-order chi connectivity index (χ0) is 19.7. The molecule has 0 unspecified atom stereocenters. The topological polar surface area (TPSA) is 59.8 Å². The van der Waals surface area contributed by atoms with E-state index in [9.17, 15) is 4.79 Å². The average Bonchev–Trinajstić information content (AvgIpc) is 3.33. The van der Waals surface area contributed by atoms with Gasteiger partial charge in [0.2, 0.25) is 0 Å². The molecule has 2 aromatic heterocycles. The van der Waals surface area contributed by atoms with E-state index < -0.39 is 0 Å². The van der Waals surface area contributed by atoms with Crippen LogP contribution in [-0.2, 0) is 0 Å². The number of fused-ring (bicyclic) bond motifs is 2. The molecule has 0 spiro atoms. The summed E-state index contributed by atoms with van der Waals surface area (Å²) in [6.45, 7) is 1.41. The molecular weight excluding hydrogens is 392 g/mol. The van der Waals surface area contributed by atoms with Crippen molar-refractivity contribution in [1.29, 1.82) is 0 Å².